The van der Waals surface area contributed by atoms with Crippen LogP contribution in [0.2, 0.25) is 0 Å². The third-order valence-corrected chi connectivity index (χ3v) is 6.98. The fourth-order valence-electron chi connectivity index (χ4n) is 4.94. The van der Waals surface area contributed by atoms with Crippen LogP contribution in [0.25, 0.3) is 0 Å². The number of ether oxygens (including phenoxy) is 2. The van der Waals surface area contributed by atoms with Crippen LogP contribution in [-0.4, -0.2) is 71.1 Å². The summed E-state index contributed by atoms with van der Waals surface area (Å²) in [4.78, 5) is 15.2. The van der Waals surface area contributed by atoms with Crippen molar-refractivity contribution >= 4 is 6.09 Å². The van der Waals surface area contributed by atoms with E-state index in [9.17, 15) is 23.1 Å². The Morgan fingerprint density at radius 1 is 1.09 bits per heavy atom. The van der Waals surface area contributed by atoms with Crippen molar-refractivity contribution in [2.75, 3.05) is 26.2 Å². The summed E-state index contributed by atoms with van der Waals surface area (Å²) in [5, 5.41) is 9.85. The van der Waals surface area contributed by atoms with Crippen molar-refractivity contribution in [3.05, 3.63) is 23.8 Å². The Hall–Kier alpha value is -2.16. The van der Waals surface area contributed by atoms with Crippen molar-refractivity contribution in [1.29, 1.82) is 0 Å². The lowest BCUT2D eigenvalue weighted by Gasteiger charge is -2.40. The van der Waals surface area contributed by atoms with E-state index in [0.717, 1.165) is 25.7 Å². The number of piperazine rings is 1. The zero-order valence-electron chi connectivity index (χ0n) is 21.2. The van der Waals surface area contributed by atoms with E-state index in [1.165, 1.54) is 9.80 Å². The molecule has 1 atom stereocenters. The predicted octanol–water partition coefficient (Wildman–Crippen LogP) is 5.90. The van der Waals surface area contributed by atoms with Gasteiger partial charge in [-0.3, -0.25) is 4.90 Å². The molecule has 2 fully saturated rings. The number of alkyl halides is 3. The number of hydrogen-bond acceptors (Lipinski definition) is 5. The highest BCUT2D eigenvalue weighted by Gasteiger charge is 2.44. The molecule has 2 aliphatic rings. The van der Waals surface area contributed by atoms with Crippen LogP contribution in [0.4, 0.5) is 18.0 Å². The maximum absolute atomic E-state index is 13.9. The largest absolute Gasteiger partial charge is 0.508 e. The highest BCUT2D eigenvalue weighted by Crippen LogP contribution is 2.36. The molecule has 0 spiro atoms. The second-order valence-corrected chi connectivity index (χ2v) is 10.8. The van der Waals surface area contributed by atoms with Crippen molar-refractivity contribution in [3.8, 4) is 11.5 Å². The van der Waals surface area contributed by atoms with Gasteiger partial charge in [0.1, 0.15) is 23.1 Å². The third-order valence-electron chi connectivity index (χ3n) is 6.98. The second-order valence-electron chi connectivity index (χ2n) is 10.8. The number of phenols is 1. The normalized spacial score (nSPS) is 23.1. The predicted molar refractivity (Wildman–Crippen MR) is 128 cm³/mol. The molecule has 1 heterocycles. The Morgan fingerprint density at radius 3 is 2.29 bits per heavy atom. The Kier molecular flexibility index (Phi) is 8.83. The van der Waals surface area contributed by atoms with Crippen LogP contribution in [0.1, 0.15) is 64.9 Å². The first-order chi connectivity index (χ1) is 16.3. The molecule has 1 aliphatic carbocycles. The smallest absolute Gasteiger partial charge is 0.410 e. The summed E-state index contributed by atoms with van der Waals surface area (Å²) in [5.74, 6) is 1.10. The molecule has 0 unspecified atom stereocenters. The second kappa shape index (κ2) is 11.3. The van der Waals surface area contributed by atoms with Gasteiger partial charge < -0.3 is 19.5 Å². The molecule has 3 rings (SSSR count). The Balaban J connectivity index is 1.46. The molecule has 1 aliphatic heterocycles. The van der Waals surface area contributed by atoms with Crippen LogP contribution in [0, 0.1) is 12.8 Å². The van der Waals surface area contributed by atoms with E-state index in [1.54, 1.807) is 39.8 Å². The number of benzene rings is 1. The van der Waals surface area contributed by atoms with E-state index >= 15 is 0 Å². The summed E-state index contributed by atoms with van der Waals surface area (Å²) >= 11 is 0. The number of phenolic OH excluding ortho intramolecular Hbond substituents is 1. The lowest BCUT2D eigenvalue weighted by molar-refractivity contribution is -0.190. The standard InChI is InChI=1S/C26H39F3N2O4/c1-18-21(32)6-5-7-22(18)34-20-11-8-19(9-12-20)10-13-23(26(27,28)29)30-14-16-31(17-15-30)24(33)35-25(2,3)4/h5-7,19-20,23,32H,8-17H2,1-4H3/t19?,20?,23-/m1/s1. The van der Waals surface area contributed by atoms with Gasteiger partial charge in [0.2, 0.25) is 0 Å². The Bertz CT molecular complexity index is 840. The minimum atomic E-state index is -4.30. The van der Waals surface area contributed by atoms with E-state index in [4.69, 9.17) is 9.47 Å². The Morgan fingerprint density at radius 2 is 1.71 bits per heavy atom. The fourth-order valence-corrected chi connectivity index (χ4v) is 4.94. The molecule has 9 heteroatoms. The van der Waals surface area contributed by atoms with Crippen LogP contribution in [0.5, 0.6) is 11.5 Å². The van der Waals surface area contributed by atoms with Gasteiger partial charge in [0.25, 0.3) is 0 Å². The lowest BCUT2D eigenvalue weighted by atomic mass is 9.83. The van der Waals surface area contributed by atoms with Crippen molar-refractivity contribution in [3.63, 3.8) is 0 Å². The topological polar surface area (TPSA) is 62.2 Å². The first kappa shape index (κ1) is 27.4. The number of nitrogens with zero attached hydrogens (tertiary/aromatic N) is 2. The number of halogens is 3. The number of aromatic hydroxyl groups is 1. The molecule has 1 saturated heterocycles. The quantitative estimate of drug-likeness (QED) is 0.527. The van der Waals surface area contributed by atoms with E-state index in [2.05, 4.69) is 0 Å². The molecular formula is C26H39F3N2O4. The van der Waals surface area contributed by atoms with Gasteiger partial charge >= 0.3 is 12.3 Å². The number of amides is 1. The van der Waals surface area contributed by atoms with Crippen LogP contribution in [-0.2, 0) is 4.74 Å². The molecular weight excluding hydrogens is 461 g/mol. The number of hydrogen-bond donors (Lipinski definition) is 1. The minimum Gasteiger partial charge on any atom is -0.508 e. The molecule has 198 valence electrons. The van der Waals surface area contributed by atoms with E-state index in [-0.39, 0.29) is 50.4 Å². The SMILES string of the molecule is Cc1c(O)cccc1OC1CCC(CC[C@@H](N2CCN(C(=O)OC(C)(C)C)CC2)C(F)(F)F)CC1. The van der Waals surface area contributed by atoms with Crippen LogP contribution in [0.3, 0.4) is 0 Å². The number of carbonyl (C=O) groups is 1. The molecule has 6 nitrogen and oxygen atoms in total. The van der Waals surface area contributed by atoms with Gasteiger partial charge in [-0.15, -0.1) is 0 Å². The molecule has 1 amide bonds. The minimum absolute atomic E-state index is 0.0195. The van der Waals surface area contributed by atoms with Gasteiger partial charge in [-0.2, -0.15) is 13.2 Å². The summed E-state index contributed by atoms with van der Waals surface area (Å²) < 4.78 is 53.2. The molecule has 0 aromatic heterocycles. The van der Waals surface area contributed by atoms with Gasteiger partial charge in [-0.25, -0.2) is 4.79 Å². The van der Waals surface area contributed by atoms with E-state index in [1.807, 2.05) is 6.07 Å². The molecule has 0 radical (unpaired) electrons. The summed E-state index contributed by atoms with van der Waals surface area (Å²) in [6.45, 7) is 7.97. The first-order valence-corrected chi connectivity index (χ1v) is 12.6. The van der Waals surface area contributed by atoms with Crippen LogP contribution < -0.4 is 4.74 Å². The number of carbonyl (C=O) groups excluding carboxylic acids is 1. The van der Waals surface area contributed by atoms with Gasteiger partial charge in [0.15, 0.2) is 0 Å². The van der Waals surface area contributed by atoms with Gasteiger partial charge in [0.05, 0.1) is 6.10 Å². The average molecular weight is 501 g/mol. The van der Waals surface area contributed by atoms with Crippen LogP contribution >= 0.6 is 0 Å². The van der Waals surface area contributed by atoms with Gasteiger partial charge in [-0.1, -0.05) is 6.07 Å². The molecule has 1 aromatic rings. The lowest BCUT2D eigenvalue weighted by Crippen LogP contribution is -2.56. The highest BCUT2D eigenvalue weighted by atomic mass is 19.4. The zero-order chi connectivity index (χ0) is 25.8. The maximum atomic E-state index is 13.9. The van der Waals surface area contributed by atoms with Crippen molar-refractivity contribution in [2.24, 2.45) is 5.92 Å². The van der Waals surface area contributed by atoms with E-state index in [0.29, 0.717) is 17.7 Å². The molecule has 1 saturated carbocycles. The van der Waals surface area contributed by atoms with E-state index < -0.39 is 23.9 Å². The highest BCUT2D eigenvalue weighted by molar-refractivity contribution is 5.68. The zero-order valence-corrected chi connectivity index (χ0v) is 21.2. The third kappa shape index (κ3) is 7.92. The first-order valence-electron chi connectivity index (χ1n) is 12.6. The average Bonchev–Trinajstić information content (AvgIpc) is 2.76. The van der Waals surface area contributed by atoms with Crippen LogP contribution in [0.15, 0.2) is 18.2 Å². The summed E-state index contributed by atoms with van der Waals surface area (Å²) in [6.07, 6.45) is -0.908. The Labute approximate surface area is 206 Å². The van der Waals surface area contributed by atoms with Crippen molar-refractivity contribution < 1.29 is 32.5 Å². The van der Waals surface area contributed by atoms with Crippen molar-refractivity contribution in [1.82, 2.24) is 9.80 Å². The molecule has 0 bridgehead atoms. The summed E-state index contributed by atoms with van der Waals surface area (Å²) in [7, 11) is 0. The monoisotopic (exact) mass is 500 g/mol. The van der Waals surface area contributed by atoms with Gasteiger partial charge in [0, 0.05) is 31.7 Å². The molecule has 1 aromatic carbocycles. The summed E-state index contributed by atoms with van der Waals surface area (Å²) in [6, 6.07) is 3.70. The molecule has 35 heavy (non-hydrogen) atoms. The molecule has 1 N–H and O–H groups in total. The van der Waals surface area contributed by atoms with Gasteiger partial charge in [-0.05, 0) is 84.3 Å². The summed E-state index contributed by atoms with van der Waals surface area (Å²) in [5.41, 5.74) is 0.0727. The maximum Gasteiger partial charge on any atom is 0.410 e. The fraction of sp³-hybridized carbons (Fsp3) is 0.731. The van der Waals surface area contributed by atoms with Crippen molar-refractivity contribution in [2.45, 2.75) is 90.1 Å². The number of rotatable bonds is 6.